The number of fused-ring (bicyclic) bond motifs is 1. The Morgan fingerprint density at radius 2 is 1.60 bits per heavy atom. The molecule has 0 bridgehead atoms. The highest BCUT2D eigenvalue weighted by atomic mass is 16.6. The molecule has 10 heteroatoms. The molecule has 10 nitrogen and oxygen atoms in total. The fraction of sp³-hybridized carbons (Fsp3) is 0.240. The lowest BCUT2D eigenvalue weighted by Gasteiger charge is -2.19. The summed E-state index contributed by atoms with van der Waals surface area (Å²) in [6, 6.07) is 14.0. The van der Waals surface area contributed by atoms with Gasteiger partial charge in [0.1, 0.15) is 16.9 Å². The number of nitrogens with zero attached hydrogens (tertiary/aromatic N) is 4. The van der Waals surface area contributed by atoms with Crippen LogP contribution in [-0.2, 0) is 14.2 Å². The summed E-state index contributed by atoms with van der Waals surface area (Å²) in [4.78, 5) is 38.1. The Labute approximate surface area is 201 Å². The van der Waals surface area contributed by atoms with Crippen LogP contribution in [0.3, 0.4) is 0 Å². The summed E-state index contributed by atoms with van der Waals surface area (Å²) < 4.78 is 17.8. The number of methoxy groups -OCH3 is 2. The molecular formula is C25H24N4O6. The molecule has 0 aliphatic rings. The van der Waals surface area contributed by atoms with E-state index in [2.05, 4.69) is 10.2 Å². The first-order valence-corrected chi connectivity index (χ1v) is 10.7. The molecule has 0 aliphatic carbocycles. The summed E-state index contributed by atoms with van der Waals surface area (Å²) in [5.74, 6) is -1.49. The molecule has 0 N–H and O–H groups in total. The van der Waals surface area contributed by atoms with Crippen LogP contribution in [-0.4, -0.2) is 57.4 Å². The first-order chi connectivity index (χ1) is 16.6. The van der Waals surface area contributed by atoms with E-state index < -0.39 is 23.6 Å². The van der Waals surface area contributed by atoms with Crippen molar-refractivity contribution >= 4 is 28.9 Å². The molecular weight excluding hydrogens is 452 g/mol. The molecule has 0 unspecified atom stereocenters. The van der Waals surface area contributed by atoms with Gasteiger partial charge >= 0.3 is 18.0 Å². The van der Waals surface area contributed by atoms with Crippen LogP contribution in [0.1, 0.15) is 41.6 Å². The number of esters is 2. The Kier molecular flexibility index (Phi) is 6.12. The Balaban J connectivity index is 1.90. The minimum atomic E-state index is -0.744. The lowest BCUT2D eigenvalue weighted by molar-refractivity contribution is 0.0521. The van der Waals surface area contributed by atoms with Gasteiger partial charge in [0.05, 0.1) is 31.6 Å². The van der Waals surface area contributed by atoms with E-state index in [9.17, 15) is 14.4 Å². The predicted molar refractivity (Wildman–Crippen MR) is 127 cm³/mol. The second-order valence-corrected chi connectivity index (χ2v) is 8.61. The second kappa shape index (κ2) is 9.05. The SMILES string of the molecule is COC(=O)c1c(-c2ccc3c(cnn3C(=O)OC(C)(C)C)c2)nn(-c2ccccc2)c1C(=O)OC. The van der Waals surface area contributed by atoms with Gasteiger partial charge in [0.15, 0.2) is 5.69 Å². The third-order valence-corrected chi connectivity index (χ3v) is 5.06. The highest BCUT2D eigenvalue weighted by molar-refractivity contribution is 6.07. The smallest absolute Gasteiger partial charge is 0.435 e. The van der Waals surface area contributed by atoms with Crippen LogP contribution in [0.25, 0.3) is 27.8 Å². The first kappa shape index (κ1) is 23.7. The maximum Gasteiger partial charge on any atom is 0.435 e. The van der Waals surface area contributed by atoms with E-state index in [0.29, 0.717) is 22.2 Å². The van der Waals surface area contributed by atoms with Gasteiger partial charge in [-0.05, 0) is 45.0 Å². The predicted octanol–water partition coefficient (Wildman–Crippen LogP) is 4.25. The Morgan fingerprint density at radius 1 is 0.914 bits per heavy atom. The number of carbonyl (C=O) groups is 3. The zero-order valence-electron chi connectivity index (χ0n) is 19.9. The number of para-hydroxylation sites is 1. The van der Waals surface area contributed by atoms with Crippen LogP contribution in [0.2, 0.25) is 0 Å². The molecule has 0 atom stereocenters. The Bertz CT molecular complexity index is 1430. The van der Waals surface area contributed by atoms with E-state index in [0.717, 1.165) is 4.68 Å². The van der Waals surface area contributed by atoms with Crippen molar-refractivity contribution in [1.29, 1.82) is 0 Å². The van der Waals surface area contributed by atoms with Crippen molar-refractivity contribution in [3.63, 3.8) is 0 Å². The summed E-state index contributed by atoms with van der Waals surface area (Å²) in [7, 11) is 2.45. The number of hydrogen-bond donors (Lipinski definition) is 0. The van der Waals surface area contributed by atoms with E-state index in [1.807, 2.05) is 6.07 Å². The number of carbonyl (C=O) groups excluding carboxylic acids is 3. The van der Waals surface area contributed by atoms with Crippen molar-refractivity contribution in [3.8, 4) is 16.9 Å². The highest BCUT2D eigenvalue weighted by Gasteiger charge is 2.31. The first-order valence-electron chi connectivity index (χ1n) is 10.7. The quantitative estimate of drug-likeness (QED) is 0.317. The lowest BCUT2D eigenvalue weighted by atomic mass is 10.0. The van der Waals surface area contributed by atoms with Crippen molar-refractivity contribution in [1.82, 2.24) is 19.6 Å². The zero-order chi connectivity index (χ0) is 25.3. The van der Waals surface area contributed by atoms with Gasteiger partial charge in [-0.25, -0.2) is 19.1 Å². The standard InChI is InChI=1S/C25H24N4O6/c1-25(2,3)35-24(32)29-18-12-11-15(13-16(18)14-26-29)20-19(22(30)33-4)21(23(31)34-5)28(27-20)17-9-7-6-8-10-17/h6-14H,1-5H3. The van der Waals surface area contributed by atoms with Gasteiger partial charge in [0.2, 0.25) is 0 Å². The summed E-state index contributed by atoms with van der Waals surface area (Å²) in [5.41, 5.74) is 1.02. The van der Waals surface area contributed by atoms with E-state index in [4.69, 9.17) is 14.2 Å². The van der Waals surface area contributed by atoms with Crippen LogP contribution in [0, 0.1) is 0 Å². The number of hydrogen-bond acceptors (Lipinski definition) is 8. The molecule has 180 valence electrons. The molecule has 0 radical (unpaired) electrons. The number of benzene rings is 2. The topological polar surface area (TPSA) is 115 Å². The zero-order valence-corrected chi connectivity index (χ0v) is 19.9. The van der Waals surface area contributed by atoms with Crippen LogP contribution in [0.5, 0.6) is 0 Å². The number of aromatic nitrogens is 4. The third-order valence-electron chi connectivity index (χ3n) is 5.06. The normalized spacial score (nSPS) is 11.3. The van der Waals surface area contributed by atoms with Gasteiger partial charge in [-0.15, -0.1) is 0 Å². The van der Waals surface area contributed by atoms with E-state index in [1.165, 1.54) is 25.1 Å². The molecule has 4 rings (SSSR count). The van der Waals surface area contributed by atoms with Gasteiger partial charge in [0, 0.05) is 10.9 Å². The van der Waals surface area contributed by atoms with Crippen molar-refractivity contribution in [2.45, 2.75) is 26.4 Å². The molecule has 0 amide bonds. The maximum absolute atomic E-state index is 12.8. The molecule has 0 spiro atoms. The van der Waals surface area contributed by atoms with Gasteiger partial charge in [0.25, 0.3) is 0 Å². The fourth-order valence-corrected chi connectivity index (χ4v) is 3.59. The lowest BCUT2D eigenvalue weighted by Crippen LogP contribution is -2.27. The molecule has 2 aromatic heterocycles. The summed E-state index contributed by atoms with van der Waals surface area (Å²) in [6.45, 7) is 5.31. The third kappa shape index (κ3) is 4.50. The van der Waals surface area contributed by atoms with Crippen LogP contribution >= 0.6 is 0 Å². The fourth-order valence-electron chi connectivity index (χ4n) is 3.59. The summed E-state index contributed by atoms with van der Waals surface area (Å²) in [6.07, 6.45) is 0.896. The molecule has 0 aliphatic heterocycles. The van der Waals surface area contributed by atoms with Gasteiger partial charge < -0.3 is 14.2 Å². The Hall–Kier alpha value is -4.47. The molecule has 4 aromatic rings. The van der Waals surface area contributed by atoms with Gasteiger partial charge in [-0.1, -0.05) is 24.3 Å². The van der Waals surface area contributed by atoms with Crippen molar-refractivity contribution in [2.75, 3.05) is 14.2 Å². The van der Waals surface area contributed by atoms with Crippen molar-refractivity contribution < 1.29 is 28.6 Å². The molecule has 2 aromatic carbocycles. The molecule has 0 fully saturated rings. The largest absolute Gasteiger partial charge is 0.465 e. The van der Waals surface area contributed by atoms with Crippen LogP contribution in [0.4, 0.5) is 4.79 Å². The van der Waals surface area contributed by atoms with Crippen LogP contribution in [0.15, 0.2) is 54.7 Å². The van der Waals surface area contributed by atoms with E-state index >= 15 is 0 Å². The van der Waals surface area contributed by atoms with Crippen molar-refractivity contribution in [2.24, 2.45) is 0 Å². The highest BCUT2D eigenvalue weighted by Crippen LogP contribution is 2.31. The molecule has 2 heterocycles. The minimum Gasteiger partial charge on any atom is -0.465 e. The average Bonchev–Trinajstić information content (AvgIpc) is 3.44. The summed E-state index contributed by atoms with van der Waals surface area (Å²) >= 11 is 0. The number of ether oxygens (including phenoxy) is 3. The van der Waals surface area contributed by atoms with Gasteiger partial charge in [-0.2, -0.15) is 14.9 Å². The molecule has 35 heavy (non-hydrogen) atoms. The number of rotatable bonds is 4. The minimum absolute atomic E-state index is 0.0397. The molecule has 0 saturated heterocycles. The molecule has 0 saturated carbocycles. The maximum atomic E-state index is 12.8. The van der Waals surface area contributed by atoms with Crippen LogP contribution < -0.4 is 0 Å². The van der Waals surface area contributed by atoms with Crippen molar-refractivity contribution in [3.05, 3.63) is 66.0 Å². The van der Waals surface area contributed by atoms with Gasteiger partial charge in [-0.3, -0.25) is 0 Å². The summed E-state index contributed by atoms with van der Waals surface area (Å²) in [5, 5.41) is 9.34. The average molecular weight is 476 g/mol. The monoisotopic (exact) mass is 476 g/mol. The van der Waals surface area contributed by atoms with E-state index in [1.54, 1.807) is 63.2 Å². The van der Waals surface area contributed by atoms with E-state index in [-0.39, 0.29) is 17.0 Å². The second-order valence-electron chi connectivity index (χ2n) is 8.61. The Morgan fingerprint density at radius 3 is 2.23 bits per heavy atom.